The predicted molar refractivity (Wildman–Crippen MR) is 129 cm³/mol. The van der Waals surface area contributed by atoms with Crippen molar-refractivity contribution < 1.29 is 34.1 Å². The third kappa shape index (κ3) is 4.21. The number of ether oxygens (including phenoxy) is 2. The van der Waals surface area contributed by atoms with Crippen molar-refractivity contribution >= 4 is 29.1 Å². The van der Waals surface area contributed by atoms with Crippen molar-refractivity contribution in [1.29, 1.82) is 0 Å². The molecule has 3 aromatic carbocycles. The number of carboxylic acid groups (broad SMARTS) is 1. The maximum absolute atomic E-state index is 13.3. The fourth-order valence-electron chi connectivity index (χ4n) is 4.09. The Morgan fingerprint density at radius 3 is 2.23 bits per heavy atom. The van der Waals surface area contributed by atoms with Crippen molar-refractivity contribution in [3.8, 4) is 11.5 Å². The van der Waals surface area contributed by atoms with E-state index >= 15 is 0 Å². The minimum Gasteiger partial charge on any atom is -0.507 e. The first kappa shape index (κ1) is 23.6. The molecule has 1 heterocycles. The summed E-state index contributed by atoms with van der Waals surface area (Å²) in [5.41, 5.74) is 1.75. The molecule has 1 unspecified atom stereocenters. The molecular formula is C27H23NO7. The molecule has 1 fully saturated rings. The van der Waals surface area contributed by atoms with Crippen molar-refractivity contribution in [2.45, 2.75) is 13.0 Å². The summed E-state index contributed by atoms with van der Waals surface area (Å²) in [4.78, 5) is 39.4. The summed E-state index contributed by atoms with van der Waals surface area (Å²) in [5.74, 6) is -2.50. The van der Waals surface area contributed by atoms with E-state index in [1.165, 1.54) is 43.4 Å². The molecule has 8 heteroatoms. The number of hydrogen-bond donors (Lipinski definition) is 2. The van der Waals surface area contributed by atoms with Crippen LogP contribution in [0.15, 0.2) is 72.3 Å². The van der Waals surface area contributed by atoms with Crippen LogP contribution in [0.4, 0.5) is 5.69 Å². The van der Waals surface area contributed by atoms with Crippen LogP contribution in [0.25, 0.3) is 5.76 Å². The fraction of sp³-hybridized carbons (Fsp3) is 0.148. The van der Waals surface area contributed by atoms with Gasteiger partial charge in [-0.25, -0.2) is 4.79 Å². The number of hydrogen-bond acceptors (Lipinski definition) is 6. The number of amides is 1. The first-order valence-corrected chi connectivity index (χ1v) is 10.7. The highest BCUT2D eigenvalue weighted by Crippen LogP contribution is 2.45. The van der Waals surface area contributed by atoms with Gasteiger partial charge < -0.3 is 19.7 Å². The second kappa shape index (κ2) is 9.34. The van der Waals surface area contributed by atoms with E-state index in [9.17, 15) is 24.6 Å². The van der Waals surface area contributed by atoms with Crippen molar-refractivity contribution in [1.82, 2.24) is 0 Å². The van der Waals surface area contributed by atoms with Crippen LogP contribution >= 0.6 is 0 Å². The summed E-state index contributed by atoms with van der Waals surface area (Å²) in [6.07, 6.45) is 0. The second-order valence-corrected chi connectivity index (χ2v) is 8.00. The number of anilines is 1. The molecule has 0 radical (unpaired) electrons. The molecule has 0 bridgehead atoms. The van der Waals surface area contributed by atoms with Crippen LogP contribution in [0.1, 0.15) is 33.1 Å². The number of carbonyl (C=O) groups is 3. The first-order chi connectivity index (χ1) is 16.8. The number of rotatable bonds is 6. The highest BCUT2D eigenvalue weighted by atomic mass is 16.5. The van der Waals surface area contributed by atoms with Crippen molar-refractivity contribution in [3.63, 3.8) is 0 Å². The molecular weight excluding hydrogens is 450 g/mol. The molecule has 8 nitrogen and oxygen atoms in total. The second-order valence-electron chi connectivity index (χ2n) is 8.00. The number of benzene rings is 3. The first-order valence-electron chi connectivity index (χ1n) is 10.7. The summed E-state index contributed by atoms with van der Waals surface area (Å²) >= 11 is 0. The van der Waals surface area contributed by atoms with E-state index in [0.29, 0.717) is 22.6 Å². The number of aliphatic hydroxyl groups is 1. The minimum absolute atomic E-state index is 0.0524. The zero-order valence-corrected chi connectivity index (χ0v) is 19.3. The minimum atomic E-state index is -1.18. The van der Waals surface area contributed by atoms with Crippen LogP contribution in [0.5, 0.6) is 11.5 Å². The molecule has 2 N–H and O–H groups in total. The van der Waals surface area contributed by atoms with Gasteiger partial charge in [0.1, 0.15) is 17.3 Å². The van der Waals surface area contributed by atoms with Crippen LogP contribution in [0.2, 0.25) is 0 Å². The molecule has 0 spiro atoms. The molecule has 1 saturated heterocycles. The largest absolute Gasteiger partial charge is 0.507 e. The van der Waals surface area contributed by atoms with Gasteiger partial charge in [-0.15, -0.1) is 0 Å². The van der Waals surface area contributed by atoms with Crippen molar-refractivity contribution in [2.75, 3.05) is 19.1 Å². The lowest BCUT2D eigenvalue weighted by Crippen LogP contribution is -2.29. The summed E-state index contributed by atoms with van der Waals surface area (Å²) in [7, 11) is 2.94. The van der Waals surface area contributed by atoms with E-state index < -0.39 is 23.7 Å². The molecule has 1 aliphatic rings. The Morgan fingerprint density at radius 1 is 0.886 bits per heavy atom. The maximum Gasteiger partial charge on any atom is 0.335 e. The highest BCUT2D eigenvalue weighted by Gasteiger charge is 2.48. The molecule has 3 aromatic rings. The molecule has 0 saturated carbocycles. The fourth-order valence-corrected chi connectivity index (χ4v) is 4.09. The van der Waals surface area contributed by atoms with Gasteiger partial charge in [-0.05, 0) is 37.3 Å². The Labute approximate surface area is 201 Å². The molecule has 1 aliphatic heterocycles. The standard InChI is InChI=1S/C27H23NO7/c1-15-7-9-16(10-8-15)24(29)22-23(20-12-11-19(34-2)14-21(20)35-3)28(26(31)25(22)30)18-6-4-5-17(13-18)27(32)33/h4-14,23,29H,1-3H3,(H,32,33)/b24-22-. The average molecular weight is 473 g/mol. The molecule has 178 valence electrons. The highest BCUT2D eigenvalue weighted by molar-refractivity contribution is 6.51. The number of Topliss-reactive ketones (excluding diaryl/α,β-unsaturated/α-hetero) is 1. The van der Waals surface area contributed by atoms with Crippen molar-refractivity contribution in [2.24, 2.45) is 0 Å². The summed E-state index contributed by atoms with van der Waals surface area (Å²) in [6, 6.07) is 16.4. The smallest absolute Gasteiger partial charge is 0.335 e. The van der Waals surface area contributed by atoms with E-state index in [1.54, 1.807) is 42.5 Å². The Morgan fingerprint density at radius 2 is 1.60 bits per heavy atom. The van der Waals surface area contributed by atoms with Crippen LogP contribution in [0, 0.1) is 6.92 Å². The van der Waals surface area contributed by atoms with Gasteiger partial charge in [-0.1, -0.05) is 35.9 Å². The van der Waals surface area contributed by atoms with E-state index in [1.807, 2.05) is 6.92 Å². The van der Waals surface area contributed by atoms with Gasteiger partial charge in [0.2, 0.25) is 0 Å². The van der Waals surface area contributed by atoms with Gasteiger partial charge in [-0.2, -0.15) is 0 Å². The SMILES string of the molecule is COc1ccc(C2/C(=C(/O)c3ccc(C)cc3)C(=O)C(=O)N2c2cccc(C(=O)O)c2)c(OC)c1. The Balaban J connectivity index is 2.00. The molecule has 35 heavy (non-hydrogen) atoms. The summed E-state index contributed by atoms with van der Waals surface area (Å²) < 4.78 is 10.8. The van der Waals surface area contributed by atoms with E-state index in [0.717, 1.165) is 5.56 Å². The van der Waals surface area contributed by atoms with Crippen LogP contribution in [0.3, 0.4) is 0 Å². The molecule has 1 amide bonds. The van der Waals surface area contributed by atoms with E-state index in [4.69, 9.17) is 9.47 Å². The third-order valence-corrected chi connectivity index (χ3v) is 5.88. The molecule has 4 rings (SSSR count). The molecule has 0 aromatic heterocycles. The number of nitrogens with zero attached hydrogens (tertiary/aromatic N) is 1. The number of methoxy groups -OCH3 is 2. The third-order valence-electron chi connectivity index (χ3n) is 5.88. The van der Waals surface area contributed by atoms with Crippen molar-refractivity contribution in [3.05, 3.63) is 94.6 Å². The average Bonchev–Trinajstić information content (AvgIpc) is 3.13. The summed E-state index contributed by atoms with van der Waals surface area (Å²) in [6.45, 7) is 1.89. The lowest BCUT2D eigenvalue weighted by molar-refractivity contribution is -0.132. The molecule has 1 atom stereocenters. The predicted octanol–water partition coefficient (Wildman–Crippen LogP) is 4.34. The van der Waals surface area contributed by atoms with Crippen LogP contribution < -0.4 is 14.4 Å². The van der Waals surface area contributed by atoms with Gasteiger partial charge in [0.25, 0.3) is 11.7 Å². The van der Waals surface area contributed by atoms with Gasteiger partial charge >= 0.3 is 5.97 Å². The zero-order valence-electron chi connectivity index (χ0n) is 19.3. The number of carboxylic acids is 1. The Kier molecular flexibility index (Phi) is 6.29. The lowest BCUT2D eigenvalue weighted by atomic mass is 9.94. The number of ketones is 1. The van der Waals surface area contributed by atoms with Crippen LogP contribution in [-0.2, 0) is 9.59 Å². The quantitative estimate of drug-likeness (QED) is 0.311. The number of aromatic carboxylic acids is 1. The van der Waals surface area contributed by atoms with Gasteiger partial charge in [0.15, 0.2) is 0 Å². The van der Waals surface area contributed by atoms with Gasteiger partial charge in [-0.3, -0.25) is 14.5 Å². The van der Waals surface area contributed by atoms with Gasteiger partial charge in [0, 0.05) is 22.9 Å². The summed E-state index contributed by atoms with van der Waals surface area (Å²) in [5, 5.41) is 20.7. The normalized spacial score (nSPS) is 16.9. The van der Waals surface area contributed by atoms with E-state index in [2.05, 4.69) is 0 Å². The zero-order chi connectivity index (χ0) is 25.3. The monoisotopic (exact) mass is 473 g/mol. The maximum atomic E-state index is 13.3. The topological polar surface area (TPSA) is 113 Å². The molecule has 0 aliphatic carbocycles. The number of carbonyl (C=O) groups excluding carboxylic acids is 2. The van der Waals surface area contributed by atoms with Gasteiger partial charge in [0.05, 0.1) is 31.4 Å². The Hall–Kier alpha value is -4.59. The van der Waals surface area contributed by atoms with Crippen LogP contribution in [-0.4, -0.2) is 42.1 Å². The van der Waals surface area contributed by atoms with E-state index in [-0.39, 0.29) is 22.6 Å². The number of aryl methyl sites for hydroxylation is 1. The lowest BCUT2D eigenvalue weighted by Gasteiger charge is -2.27. The Bertz CT molecular complexity index is 1360. The number of aliphatic hydroxyl groups excluding tert-OH is 1.